The summed E-state index contributed by atoms with van der Waals surface area (Å²) < 4.78 is 1.63. The minimum absolute atomic E-state index is 0.0783. The van der Waals surface area contributed by atoms with Crippen molar-refractivity contribution in [1.82, 2.24) is 14.7 Å². The van der Waals surface area contributed by atoms with Crippen LogP contribution in [-0.2, 0) is 9.59 Å². The number of fused-ring (bicyclic) bond motifs is 1. The van der Waals surface area contributed by atoms with Gasteiger partial charge in [-0.1, -0.05) is 0 Å². The fourth-order valence-corrected chi connectivity index (χ4v) is 3.33. The van der Waals surface area contributed by atoms with Gasteiger partial charge in [0.2, 0.25) is 0 Å². The van der Waals surface area contributed by atoms with Crippen molar-refractivity contribution in [3.63, 3.8) is 0 Å². The molecular weight excluding hydrogens is 290 g/mol. The molecule has 0 unspecified atom stereocenters. The Hall–Kier alpha value is -2.38. The summed E-state index contributed by atoms with van der Waals surface area (Å²) in [6, 6.07) is 1.66. The zero-order valence-corrected chi connectivity index (χ0v) is 12.3. The van der Waals surface area contributed by atoms with Gasteiger partial charge in [0.25, 0.3) is 5.91 Å². The number of nitrogens with zero attached hydrogens (tertiary/aromatic N) is 3. The largest absolute Gasteiger partial charge is 0.481 e. The fourth-order valence-electron chi connectivity index (χ4n) is 3.33. The lowest BCUT2D eigenvalue weighted by molar-refractivity contribution is -0.151. The van der Waals surface area contributed by atoms with E-state index >= 15 is 0 Å². The van der Waals surface area contributed by atoms with E-state index in [-0.39, 0.29) is 31.2 Å². The normalized spacial score (nSPS) is 29.5. The second-order valence-corrected chi connectivity index (χ2v) is 6.39. The lowest BCUT2D eigenvalue weighted by Crippen LogP contribution is -2.34. The van der Waals surface area contributed by atoms with Crippen LogP contribution in [0.25, 0.3) is 0 Å². The molecule has 1 saturated heterocycles. The molecule has 1 saturated carbocycles. The number of aromatic nitrogens is 2. The van der Waals surface area contributed by atoms with Crippen LogP contribution in [0.5, 0.6) is 0 Å². The average Bonchev–Trinajstić information content (AvgIpc) is 2.81. The van der Waals surface area contributed by atoms with Crippen molar-refractivity contribution in [2.75, 3.05) is 13.1 Å². The first kappa shape index (κ1) is 14.6. The maximum Gasteiger partial charge on any atom is 0.312 e. The van der Waals surface area contributed by atoms with E-state index in [4.69, 9.17) is 0 Å². The molecule has 2 heterocycles. The van der Waals surface area contributed by atoms with Crippen molar-refractivity contribution in [3.8, 4) is 0 Å². The van der Waals surface area contributed by atoms with Gasteiger partial charge >= 0.3 is 11.9 Å². The Balaban J connectivity index is 1.84. The number of carboxylic acids is 2. The van der Waals surface area contributed by atoms with Crippen LogP contribution in [0, 0.1) is 10.8 Å². The smallest absolute Gasteiger partial charge is 0.312 e. The van der Waals surface area contributed by atoms with Crippen molar-refractivity contribution >= 4 is 17.8 Å². The molecule has 1 aromatic heterocycles. The number of piperidine rings is 1. The van der Waals surface area contributed by atoms with Crippen LogP contribution in [0.15, 0.2) is 12.3 Å². The first-order valence-corrected chi connectivity index (χ1v) is 7.05. The predicted octanol–water partition coefficient (Wildman–Crippen LogP) is 0.465. The van der Waals surface area contributed by atoms with Crippen molar-refractivity contribution < 1.29 is 24.6 Å². The van der Waals surface area contributed by atoms with E-state index in [1.165, 1.54) is 4.90 Å². The second kappa shape index (κ2) is 4.31. The van der Waals surface area contributed by atoms with Crippen LogP contribution in [0.1, 0.15) is 36.8 Å². The molecule has 0 radical (unpaired) electrons. The summed E-state index contributed by atoms with van der Waals surface area (Å²) in [5, 5.41) is 22.9. The Labute approximate surface area is 126 Å². The zero-order valence-electron chi connectivity index (χ0n) is 12.3. The van der Waals surface area contributed by atoms with Gasteiger partial charge in [0.15, 0.2) is 0 Å². The van der Waals surface area contributed by atoms with Gasteiger partial charge in [0.1, 0.15) is 16.5 Å². The van der Waals surface area contributed by atoms with Gasteiger partial charge in [-0.15, -0.1) is 0 Å². The van der Waals surface area contributed by atoms with Crippen LogP contribution in [-0.4, -0.2) is 55.8 Å². The third kappa shape index (κ3) is 1.69. The van der Waals surface area contributed by atoms with E-state index in [9.17, 15) is 24.6 Å². The van der Waals surface area contributed by atoms with Gasteiger partial charge in [-0.2, -0.15) is 5.10 Å². The molecule has 2 aliphatic rings. The highest BCUT2D eigenvalue weighted by Gasteiger charge is 2.81. The molecule has 1 amide bonds. The highest BCUT2D eigenvalue weighted by Crippen LogP contribution is 2.68. The van der Waals surface area contributed by atoms with Crippen LogP contribution < -0.4 is 0 Å². The number of likely N-dealkylation sites (tertiary alicyclic amines) is 1. The molecule has 2 atom stereocenters. The fraction of sp³-hybridized carbons (Fsp3) is 0.571. The maximum absolute atomic E-state index is 12.4. The number of carbonyl (C=O) groups is 3. The topological polar surface area (TPSA) is 113 Å². The first-order chi connectivity index (χ1) is 10.2. The Morgan fingerprint density at radius 3 is 2.14 bits per heavy atom. The Morgan fingerprint density at radius 2 is 1.73 bits per heavy atom. The van der Waals surface area contributed by atoms with Gasteiger partial charge in [-0.25, -0.2) is 0 Å². The third-order valence-corrected chi connectivity index (χ3v) is 4.78. The van der Waals surface area contributed by atoms with Crippen molar-refractivity contribution in [2.24, 2.45) is 10.8 Å². The van der Waals surface area contributed by atoms with E-state index in [1.54, 1.807) is 16.9 Å². The van der Waals surface area contributed by atoms with Gasteiger partial charge in [0.05, 0.1) is 0 Å². The van der Waals surface area contributed by atoms with Gasteiger partial charge in [0, 0.05) is 25.3 Å². The highest BCUT2D eigenvalue weighted by molar-refractivity contribution is 5.99. The molecule has 1 aromatic rings. The van der Waals surface area contributed by atoms with E-state index in [2.05, 4.69) is 5.10 Å². The Kier molecular flexibility index (Phi) is 2.85. The molecular formula is C14H17N3O5. The van der Waals surface area contributed by atoms with E-state index in [0.717, 1.165) is 0 Å². The first-order valence-electron chi connectivity index (χ1n) is 7.05. The molecule has 3 rings (SSSR count). The van der Waals surface area contributed by atoms with Crippen molar-refractivity contribution in [3.05, 3.63) is 18.0 Å². The maximum atomic E-state index is 12.4. The molecule has 8 heteroatoms. The molecule has 2 N–H and O–H groups in total. The van der Waals surface area contributed by atoms with Gasteiger partial charge < -0.3 is 15.1 Å². The standard InChI is InChI=1S/C14H17N3O5/c1-8(2)17-4-3-9(15-17)10(18)16-6-13(11(19)20)5-14(13,7-16)12(21)22/h3-4,8H,5-7H2,1-2H3,(H,19,20)(H,21,22)/t13-,14+. The van der Waals surface area contributed by atoms with Crippen molar-refractivity contribution in [2.45, 2.75) is 26.3 Å². The second-order valence-electron chi connectivity index (χ2n) is 6.39. The minimum Gasteiger partial charge on any atom is -0.481 e. The molecule has 8 nitrogen and oxygen atoms in total. The molecule has 0 bridgehead atoms. The molecule has 0 aromatic carbocycles. The SMILES string of the molecule is CC(C)n1ccc(C(=O)N2C[C@@]3(C(=O)O)C[C@@]3(C(=O)O)C2)n1. The van der Waals surface area contributed by atoms with Gasteiger partial charge in [-0.05, 0) is 26.3 Å². The summed E-state index contributed by atoms with van der Waals surface area (Å²) in [5.41, 5.74) is -2.50. The van der Waals surface area contributed by atoms with Crippen molar-refractivity contribution in [1.29, 1.82) is 0 Å². The van der Waals surface area contributed by atoms with Crippen LogP contribution in [0.2, 0.25) is 0 Å². The molecule has 22 heavy (non-hydrogen) atoms. The van der Waals surface area contributed by atoms with E-state index in [0.29, 0.717) is 0 Å². The minimum atomic E-state index is -1.35. The van der Waals surface area contributed by atoms with Crippen LogP contribution in [0.3, 0.4) is 0 Å². The van der Waals surface area contributed by atoms with E-state index in [1.807, 2.05) is 13.8 Å². The summed E-state index contributed by atoms with van der Waals surface area (Å²) in [7, 11) is 0. The predicted molar refractivity (Wildman–Crippen MR) is 73.3 cm³/mol. The number of hydrogen-bond acceptors (Lipinski definition) is 4. The number of amides is 1. The summed E-state index contributed by atoms with van der Waals surface area (Å²) in [6.07, 6.45) is 1.75. The molecule has 1 aliphatic carbocycles. The molecule has 0 spiro atoms. The number of aliphatic carboxylic acids is 2. The third-order valence-electron chi connectivity index (χ3n) is 4.78. The molecule has 2 fully saturated rings. The summed E-state index contributed by atoms with van der Waals surface area (Å²) in [5.74, 6) is -2.73. The molecule has 118 valence electrons. The highest BCUT2D eigenvalue weighted by atomic mass is 16.4. The Bertz CT molecular complexity index is 654. The number of rotatable bonds is 4. The number of carboxylic acid groups (broad SMARTS) is 2. The average molecular weight is 307 g/mol. The monoisotopic (exact) mass is 307 g/mol. The summed E-state index contributed by atoms with van der Waals surface area (Å²) in [4.78, 5) is 36.6. The lowest BCUT2D eigenvalue weighted by Gasteiger charge is -2.18. The number of hydrogen-bond donors (Lipinski definition) is 2. The van der Waals surface area contributed by atoms with Crippen LogP contribution in [0.4, 0.5) is 0 Å². The quantitative estimate of drug-likeness (QED) is 0.836. The molecule has 1 aliphatic heterocycles. The number of carbonyl (C=O) groups excluding carboxylic acids is 1. The zero-order chi connectivity index (χ0) is 16.3. The van der Waals surface area contributed by atoms with Crippen LogP contribution >= 0.6 is 0 Å². The lowest BCUT2D eigenvalue weighted by atomic mass is 9.97. The summed E-state index contributed by atoms with van der Waals surface area (Å²) in [6.45, 7) is 3.68. The summed E-state index contributed by atoms with van der Waals surface area (Å²) >= 11 is 0. The van der Waals surface area contributed by atoms with E-state index < -0.39 is 28.7 Å². The van der Waals surface area contributed by atoms with Gasteiger partial charge in [-0.3, -0.25) is 19.1 Å². The Morgan fingerprint density at radius 1 is 1.18 bits per heavy atom.